The summed E-state index contributed by atoms with van der Waals surface area (Å²) >= 11 is 0. The Morgan fingerprint density at radius 1 is 1.50 bits per heavy atom. The van der Waals surface area contributed by atoms with Crippen molar-refractivity contribution in [2.75, 3.05) is 26.8 Å². The highest BCUT2D eigenvalue weighted by molar-refractivity contribution is 7.89. The molecule has 0 aliphatic carbocycles. The van der Waals surface area contributed by atoms with Crippen LogP contribution in [-0.4, -0.2) is 45.6 Å². The maximum absolute atomic E-state index is 13.9. The van der Waals surface area contributed by atoms with Gasteiger partial charge in [-0.05, 0) is 31.7 Å². The minimum absolute atomic E-state index is 0.249. The van der Waals surface area contributed by atoms with Crippen LogP contribution in [0.25, 0.3) is 0 Å². The first-order valence-corrected chi connectivity index (χ1v) is 7.93. The lowest BCUT2D eigenvalue weighted by atomic mass is 10.2. The van der Waals surface area contributed by atoms with Crippen LogP contribution in [0.15, 0.2) is 23.1 Å². The van der Waals surface area contributed by atoms with E-state index in [-0.39, 0.29) is 17.5 Å². The summed E-state index contributed by atoms with van der Waals surface area (Å²) in [6, 6.07) is 3.88. The normalized spacial score (nSPS) is 21.1. The SMILES string of the molecule is CNCc1ccc(F)c(S(=O)(=O)N2CCOCC2C)c1. The predicted octanol–water partition coefficient (Wildman–Crippen LogP) is 0.954. The van der Waals surface area contributed by atoms with E-state index < -0.39 is 15.8 Å². The number of morpholine rings is 1. The van der Waals surface area contributed by atoms with Crippen LogP contribution < -0.4 is 5.32 Å². The zero-order valence-corrected chi connectivity index (χ0v) is 12.4. The van der Waals surface area contributed by atoms with Gasteiger partial charge in [-0.2, -0.15) is 4.31 Å². The molecule has 1 atom stereocenters. The van der Waals surface area contributed by atoms with E-state index in [9.17, 15) is 12.8 Å². The van der Waals surface area contributed by atoms with Crippen molar-refractivity contribution >= 4 is 10.0 Å². The molecule has 0 saturated carbocycles. The number of rotatable bonds is 4. The third kappa shape index (κ3) is 3.01. The fourth-order valence-electron chi connectivity index (χ4n) is 2.25. The van der Waals surface area contributed by atoms with Crippen LogP contribution in [0.3, 0.4) is 0 Å². The first-order valence-electron chi connectivity index (χ1n) is 6.49. The van der Waals surface area contributed by atoms with Gasteiger partial charge in [0.2, 0.25) is 10.0 Å². The highest BCUT2D eigenvalue weighted by atomic mass is 32.2. The number of ether oxygens (including phenoxy) is 1. The molecule has 1 unspecified atom stereocenters. The lowest BCUT2D eigenvalue weighted by Gasteiger charge is -2.32. The second kappa shape index (κ2) is 6.17. The van der Waals surface area contributed by atoms with E-state index in [1.54, 1.807) is 20.0 Å². The van der Waals surface area contributed by atoms with Crippen molar-refractivity contribution in [3.8, 4) is 0 Å². The number of nitrogens with zero attached hydrogens (tertiary/aromatic N) is 1. The van der Waals surface area contributed by atoms with Gasteiger partial charge in [0, 0.05) is 19.1 Å². The van der Waals surface area contributed by atoms with Gasteiger partial charge in [-0.15, -0.1) is 0 Å². The first-order chi connectivity index (χ1) is 9.46. The second-order valence-electron chi connectivity index (χ2n) is 4.83. The van der Waals surface area contributed by atoms with Gasteiger partial charge in [0.15, 0.2) is 0 Å². The Balaban J connectivity index is 2.40. The molecule has 0 aromatic heterocycles. The predicted molar refractivity (Wildman–Crippen MR) is 73.3 cm³/mol. The Kier molecular flexibility index (Phi) is 4.74. The van der Waals surface area contributed by atoms with Gasteiger partial charge in [0.05, 0.1) is 13.2 Å². The summed E-state index contributed by atoms with van der Waals surface area (Å²) in [5.74, 6) is -0.719. The molecule has 20 heavy (non-hydrogen) atoms. The Morgan fingerprint density at radius 3 is 2.90 bits per heavy atom. The molecule has 1 aromatic rings. The van der Waals surface area contributed by atoms with Crippen molar-refractivity contribution < 1.29 is 17.5 Å². The van der Waals surface area contributed by atoms with E-state index in [4.69, 9.17) is 4.74 Å². The monoisotopic (exact) mass is 302 g/mol. The maximum atomic E-state index is 13.9. The van der Waals surface area contributed by atoms with Gasteiger partial charge in [0.25, 0.3) is 0 Å². The van der Waals surface area contributed by atoms with E-state index in [1.165, 1.54) is 16.4 Å². The molecule has 1 saturated heterocycles. The zero-order valence-electron chi connectivity index (χ0n) is 11.6. The molecule has 0 radical (unpaired) electrons. The number of hydrogen-bond donors (Lipinski definition) is 1. The van der Waals surface area contributed by atoms with Gasteiger partial charge < -0.3 is 10.1 Å². The Labute approximate surface area is 118 Å². The fraction of sp³-hybridized carbons (Fsp3) is 0.538. The standard InChI is InChI=1S/C13H19FN2O3S/c1-10-9-19-6-5-16(10)20(17,18)13-7-11(8-15-2)3-4-12(13)14/h3-4,7,10,15H,5-6,8-9H2,1-2H3. The van der Waals surface area contributed by atoms with Crippen molar-refractivity contribution in [3.63, 3.8) is 0 Å². The summed E-state index contributed by atoms with van der Waals surface area (Å²) < 4.78 is 45.6. The number of sulfonamides is 1. The molecule has 1 fully saturated rings. The number of hydrogen-bond acceptors (Lipinski definition) is 4. The largest absolute Gasteiger partial charge is 0.378 e. The molecule has 0 amide bonds. The van der Waals surface area contributed by atoms with Gasteiger partial charge in [-0.25, -0.2) is 12.8 Å². The lowest BCUT2D eigenvalue weighted by Crippen LogP contribution is -2.47. The molecule has 0 bridgehead atoms. The molecular formula is C13H19FN2O3S. The Bertz CT molecular complexity index is 577. The maximum Gasteiger partial charge on any atom is 0.246 e. The number of halogens is 1. The van der Waals surface area contributed by atoms with Gasteiger partial charge in [-0.1, -0.05) is 6.07 Å². The van der Waals surface area contributed by atoms with E-state index >= 15 is 0 Å². The second-order valence-corrected chi connectivity index (χ2v) is 6.69. The number of nitrogens with one attached hydrogen (secondary N) is 1. The molecule has 7 heteroatoms. The average Bonchev–Trinajstić information content (AvgIpc) is 2.41. The zero-order chi connectivity index (χ0) is 14.8. The fourth-order valence-corrected chi connectivity index (χ4v) is 3.97. The minimum atomic E-state index is -3.83. The van der Waals surface area contributed by atoms with Crippen LogP contribution in [0.2, 0.25) is 0 Å². The topological polar surface area (TPSA) is 58.6 Å². The van der Waals surface area contributed by atoms with Crippen molar-refractivity contribution in [3.05, 3.63) is 29.6 Å². The summed E-state index contributed by atoms with van der Waals surface area (Å²) in [6.45, 7) is 3.16. The van der Waals surface area contributed by atoms with Crippen LogP contribution >= 0.6 is 0 Å². The highest BCUT2D eigenvalue weighted by Crippen LogP contribution is 2.24. The average molecular weight is 302 g/mol. The quantitative estimate of drug-likeness (QED) is 0.900. The Morgan fingerprint density at radius 2 is 2.25 bits per heavy atom. The van der Waals surface area contributed by atoms with E-state index in [0.29, 0.717) is 19.8 Å². The Hall–Kier alpha value is -1.02. The molecule has 2 rings (SSSR count). The van der Waals surface area contributed by atoms with Gasteiger partial charge >= 0.3 is 0 Å². The summed E-state index contributed by atoms with van der Waals surface area (Å²) in [4.78, 5) is -0.265. The summed E-state index contributed by atoms with van der Waals surface area (Å²) in [6.07, 6.45) is 0. The third-order valence-corrected chi connectivity index (χ3v) is 5.30. The molecule has 1 aliphatic heterocycles. The molecule has 1 aromatic carbocycles. The summed E-state index contributed by atoms with van der Waals surface area (Å²) in [7, 11) is -2.08. The molecular weight excluding hydrogens is 283 g/mol. The van der Waals surface area contributed by atoms with Crippen molar-refractivity contribution in [2.45, 2.75) is 24.4 Å². The van der Waals surface area contributed by atoms with E-state index in [0.717, 1.165) is 5.56 Å². The van der Waals surface area contributed by atoms with Crippen molar-refractivity contribution in [2.24, 2.45) is 0 Å². The van der Waals surface area contributed by atoms with Gasteiger partial charge in [-0.3, -0.25) is 0 Å². The third-order valence-electron chi connectivity index (χ3n) is 3.27. The van der Waals surface area contributed by atoms with Crippen LogP contribution in [0.5, 0.6) is 0 Å². The van der Waals surface area contributed by atoms with Crippen LogP contribution in [0, 0.1) is 5.82 Å². The molecule has 1 heterocycles. The summed E-state index contributed by atoms with van der Waals surface area (Å²) in [5.41, 5.74) is 0.730. The van der Waals surface area contributed by atoms with Crippen molar-refractivity contribution in [1.29, 1.82) is 0 Å². The molecule has 1 N–H and O–H groups in total. The van der Waals surface area contributed by atoms with E-state index in [2.05, 4.69) is 5.32 Å². The molecule has 1 aliphatic rings. The van der Waals surface area contributed by atoms with Crippen molar-refractivity contribution in [1.82, 2.24) is 9.62 Å². The van der Waals surface area contributed by atoms with Crippen LogP contribution in [0.1, 0.15) is 12.5 Å². The first kappa shape index (κ1) is 15.4. The number of benzene rings is 1. The lowest BCUT2D eigenvalue weighted by molar-refractivity contribution is 0.0392. The summed E-state index contributed by atoms with van der Waals surface area (Å²) in [5, 5.41) is 2.92. The minimum Gasteiger partial charge on any atom is -0.378 e. The van der Waals surface area contributed by atoms with Gasteiger partial charge in [0.1, 0.15) is 10.7 Å². The molecule has 5 nitrogen and oxygen atoms in total. The van der Waals surface area contributed by atoms with Crippen LogP contribution in [-0.2, 0) is 21.3 Å². The molecule has 0 spiro atoms. The molecule has 112 valence electrons. The van der Waals surface area contributed by atoms with E-state index in [1.807, 2.05) is 0 Å². The highest BCUT2D eigenvalue weighted by Gasteiger charge is 2.33. The van der Waals surface area contributed by atoms with Crippen LogP contribution in [0.4, 0.5) is 4.39 Å². The smallest absolute Gasteiger partial charge is 0.246 e.